The van der Waals surface area contributed by atoms with Crippen molar-refractivity contribution in [3.8, 4) is 0 Å². The summed E-state index contributed by atoms with van der Waals surface area (Å²) >= 11 is 0. The number of amides is 1. The van der Waals surface area contributed by atoms with Crippen LogP contribution in [0.1, 0.15) is 48.4 Å². The van der Waals surface area contributed by atoms with Crippen LogP contribution in [0.5, 0.6) is 0 Å². The lowest BCUT2D eigenvalue weighted by molar-refractivity contribution is 0.0661. The Bertz CT molecular complexity index is 721. The summed E-state index contributed by atoms with van der Waals surface area (Å²) in [5.41, 5.74) is 1.13. The van der Waals surface area contributed by atoms with Crippen molar-refractivity contribution in [2.75, 3.05) is 18.1 Å². The van der Waals surface area contributed by atoms with E-state index in [1.807, 2.05) is 15.7 Å². The van der Waals surface area contributed by atoms with Crippen LogP contribution < -0.4 is 0 Å². The number of hydrogen-bond donors (Lipinski definition) is 0. The molecule has 7 heteroatoms. The van der Waals surface area contributed by atoms with E-state index in [1.54, 1.807) is 0 Å². The van der Waals surface area contributed by atoms with Gasteiger partial charge < -0.3 is 9.47 Å². The van der Waals surface area contributed by atoms with E-state index in [-0.39, 0.29) is 23.5 Å². The third kappa shape index (κ3) is 2.91. The predicted octanol–water partition coefficient (Wildman–Crippen LogP) is 1.26. The van der Waals surface area contributed by atoms with Gasteiger partial charge in [0.05, 0.1) is 11.5 Å². The number of carbonyl (C=O) groups excluding carboxylic acids is 1. The summed E-state index contributed by atoms with van der Waals surface area (Å²) in [6.45, 7) is 1.37. The smallest absolute Gasteiger partial charge is 0.290 e. The predicted molar refractivity (Wildman–Crippen MR) is 86.0 cm³/mol. The molecule has 0 N–H and O–H groups in total. The molecule has 1 aliphatic carbocycles. The van der Waals surface area contributed by atoms with Crippen LogP contribution in [0.2, 0.25) is 0 Å². The van der Waals surface area contributed by atoms with E-state index in [4.69, 9.17) is 0 Å². The maximum Gasteiger partial charge on any atom is 0.290 e. The average Bonchev–Trinajstić information content (AvgIpc) is 3.29. The summed E-state index contributed by atoms with van der Waals surface area (Å²) in [6, 6.07) is -0.161. The molecule has 3 aliphatic rings. The summed E-state index contributed by atoms with van der Waals surface area (Å²) < 4.78 is 26.3. The van der Waals surface area contributed by atoms with E-state index in [0.717, 1.165) is 44.3 Å². The Morgan fingerprint density at radius 3 is 2.78 bits per heavy atom. The van der Waals surface area contributed by atoms with Crippen molar-refractivity contribution in [2.45, 2.75) is 51.1 Å². The number of nitrogens with zero attached hydrogens (tertiary/aromatic N) is 3. The number of imidazole rings is 1. The number of fused-ring (bicyclic) bond motifs is 1. The molecule has 0 bridgehead atoms. The molecule has 0 aromatic carbocycles. The van der Waals surface area contributed by atoms with Crippen LogP contribution in [0.15, 0.2) is 6.20 Å². The van der Waals surface area contributed by atoms with E-state index in [2.05, 4.69) is 4.98 Å². The van der Waals surface area contributed by atoms with Crippen LogP contribution in [0.3, 0.4) is 0 Å². The van der Waals surface area contributed by atoms with Gasteiger partial charge in [-0.1, -0.05) is 0 Å². The molecule has 6 nitrogen and oxygen atoms in total. The third-order valence-corrected chi connectivity index (χ3v) is 7.06. The van der Waals surface area contributed by atoms with E-state index in [9.17, 15) is 13.2 Å². The molecule has 1 saturated carbocycles. The van der Waals surface area contributed by atoms with Crippen LogP contribution in [-0.4, -0.2) is 52.9 Å². The highest BCUT2D eigenvalue weighted by molar-refractivity contribution is 7.91. The van der Waals surface area contributed by atoms with Gasteiger partial charge in [-0.25, -0.2) is 13.4 Å². The minimum atomic E-state index is -3.05. The number of rotatable bonds is 2. The first-order valence-electron chi connectivity index (χ1n) is 8.61. The molecular weight excluding hydrogens is 314 g/mol. The largest absolute Gasteiger partial charge is 0.332 e. The topological polar surface area (TPSA) is 72.3 Å². The Morgan fingerprint density at radius 1 is 1.17 bits per heavy atom. The lowest BCUT2D eigenvalue weighted by Gasteiger charge is -2.30. The first-order valence-corrected chi connectivity index (χ1v) is 10.4. The van der Waals surface area contributed by atoms with E-state index < -0.39 is 9.84 Å². The first-order chi connectivity index (χ1) is 11.1. The minimum absolute atomic E-state index is 0.0767. The van der Waals surface area contributed by atoms with Gasteiger partial charge in [-0.15, -0.1) is 0 Å². The zero-order valence-corrected chi connectivity index (χ0v) is 14.1. The maximum absolute atomic E-state index is 13.1. The molecule has 1 unspecified atom stereocenters. The highest BCUT2D eigenvalue weighted by atomic mass is 32.2. The van der Waals surface area contributed by atoms with Gasteiger partial charge in [-0.05, 0) is 44.4 Å². The molecule has 1 atom stereocenters. The number of sulfone groups is 1. The quantitative estimate of drug-likeness (QED) is 0.814. The van der Waals surface area contributed by atoms with Gasteiger partial charge in [-0.2, -0.15) is 0 Å². The Morgan fingerprint density at radius 2 is 2.00 bits per heavy atom. The van der Waals surface area contributed by atoms with E-state index >= 15 is 0 Å². The molecule has 23 heavy (non-hydrogen) atoms. The average molecular weight is 337 g/mol. The van der Waals surface area contributed by atoms with Gasteiger partial charge in [0.1, 0.15) is 0 Å². The molecule has 1 aromatic heterocycles. The van der Waals surface area contributed by atoms with Crippen molar-refractivity contribution in [1.29, 1.82) is 0 Å². The molecule has 1 amide bonds. The number of aromatic nitrogens is 2. The van der Waals surface area contributed by atoms with Crippen molar-refractivity contribution in [2.24, 2.45) is 5.92 Å². The summed E-state index contributed by atoms with van der Waals surface area (Å²) in [7, 11) is -3.05. The monoisotopic (exact) mass is 337 g/mol. The van der Waals surface area contributed by atoms with Crippen molar-refractivity contribution >= 4 is 15.7 Å². The highest BCUT2D eigenvalue weighted by Gasteiger charge is 2.42. The minimum Gasteiger partial charge on any atom is -0.332 e. The van der Waals surface area contributed by atoms with E-state index in [0.29, 0.717) is 24.7 Å². The molecule has 3 heterocycles. The second-order valence-electron chi connectivity index (χ2n) is 7.05. The van der Waals surface area contributed by atoms with Crippen LogP contribution in [0.4, 0.5) is 0 Å². The van der Waals surface area contributed by atoms with Crippen LogP contribution in [0.25, 0.3) is 0 Å². The summed E-state index contributed by atoms with van der Waals surface area (Å²) in [4.78, 5) is 19.3. The van der Waals surface area contributed by atoms with Crippen molar-refractivity contribution in [1.82, 2.24) is 14.5 Å². The van der Waals surface area contributed by atoms with Gasteiger partial charge >= 0.3 is 0 Å². The molecule has 126 valence electrons. The number of carbonyl (C=O) groups is 1. The molecular formula is C16H23N3O3S. The normalized spacial score (nSPS) is 27.3. The summed E-state index contributed by atoms with van der Waals surface area (Å²) in [6.07, 6.45) is 7.60. The lowest BCUT2D eigenvalue weighted by atomic mass is 10.1. The molecule has 4 rings (SSSR count). The van der Waals surface area contributed by atoms with Gasteiger partial charge in [-0.3, -0.25) is 4.79 Å². The molecule has 0 spiro atoms. The molecule has 1 aromatic rings. The highest BCUT2D eigenvalue weighted by Crippen LogP contribution is 2.37. The Labute approximate surface area is 136 Å². The SMILES string of the molecule is O=C(c1ncc2n1CCCC2)N1CCCS(=O)(=O)CC1C1CC1. The fraction of sp³-hybridized carbons (Fsp3) is 0.750. The fourth-order valence-corrected chi connectivity index (χ4v) is 5.62. The maximum atomic E-state index is 13.1. The van der Waals surface area contributed by atoms with Crippen LogP contribution >= 0.6 is 0 Å². The molecule has 2 fully saturated rings. The summed E-state index contributed by atoms with van der Waals surface area (Å²) in [5, 5.41) is 0. The van der Waals surface area contributed by atoms with Crippen molar-refractivity contribution in [3.63, 3.8) is 0 Å². The van der Waals surface area contributed by atoms with Gasteiger partial charge in [0.15, 0.2) is 15.7 Å². The Kier molecular flexibility index (Phi) is 3.70. The number of aryl methyl sites for hydroxylation is 1. The van der Waals surface area contributed by atoms with E-state index in [1.165, 1.54) is 0 Å². The summed E-state index contributed by atoms with van der Waals surface area (Å²) in [5.74, 6) is 1.09. The van der Waals surface area contributed by atoms with Crippen molar-refractivity contribution < 1.29 is 13.2 Å². The molecule has 2 aliphatic heterocycles. The Balaban J connectivity index is 1.64. The second kappa shape index (κ2) is 5.61. The zero-order chi connectivity index (χ0) is 16.0. The van der Waals surface area contributed by atoms with Crippen LogP contribution in [0, 0.1) is 5.92 Å². The second-order valence-corrected chi connectivity index (χ2v) is 9.28. The van der Waals surface area contributed by atoms with Crippen LogP contribution in [-0.2, 0) is 22.8 Å². The van der Waals surface area contributed by atoms with Gasteiger partial charge in [0, 0.05) is 31.0 Å². The molecule has 1 saturated heterocycles. The van der Waals surface area contributed by atoms with Crippen molar-refractivity contribution in [3.05, 3.63) is 17.7 Å². The first kappa shape index (κ1) is 15.2. The fourth-order valence-electron chi connectivity index (χ4n) is 3.91. The standard InChI is InChI=1S/C16H23N3O3S/c20-16(15-17-10-13-4-1-2-7-18(13)15)19-8-3-9-23(21,22)11-14(19)12-5-6-12/h10,12,14H,1-9,11H2. The lowest BCUT2D eigenvalue weighted by Crippen LogP contribution is -2.45. The molecule has 0 radical (unpaired) electrons. The van der Waals surface area contributed by atoms with Gasteiger partial charge in [0.25, 0.3) is 5.91 Å². The third-order valence-electron chi connectivity index (χ3n) is 5.30. The number of hydrogen-bond acceptors (Lipinski definition) is 4. The van der Waals surface area contributed by atoms with Gasteiger partial charge in [0.2, 0.25) is 0 Å². The zero-order valence-electron chi connectivity index (χ0n) is 13.3. The Hall–Kier alpha value is -1.37.